The standard InChI is InChI=1S/C31H40FN7O2S/c1-4-6-9-24(5-2)20-33-29-28-30(38(22-34-28)21-25-10-7-8-23(3)19-25)36-31(35-29)37-15-17-39(18-16-37)42(40,41)27-13-11-26(32)12-14-27/h7-8,10-14,19,22,24H,4-6,9,15-18,20-21H2,1-3H3,(H,33,35,36). The molecule has 42 heavy (non-hydrogen) atoms. The second-order valence-electron chi connectivity index (χ2n) is 11.0. The highest BCUT2D eigenvalue weighted by Gasteiger charge is 2.30. The zero-order chi connectivity index (χ0) is 29.7. The summed E-state index contributed by atoms with van der Waals surface area (Å²) in [6.45, 7) is 9.38. The quantitative estimate of drug-likeness (QED) is 0.233. The number of benzene rings is 2. The van der Waals surface area contributed by atoms with Crippen molar-refractivity contribution in [2.24, 2.45) is 5.92 Å². The van der Waals surface area contributed by atoms with Crippen molar-refractivity contribution in [1.29, 1.82) is 0 Å². The highest BCUT2D eigenvalue weighted by molar-refractivity contribution is 7.89. The Morgan fingerprint density at radius 2 is 1.79 bits per heavy atom. The number of nitrogens with zero attached hydrogens (tertiary/aromatic N) is 6. The SMILES string of the molecule is CCCCC(CC)CNc1nc(N2CCN(S(=O)(=O)c3ccc(F)cc3)CC2)nc2c1ncn2Cc1cccc(C)c1. The molecule has 4 aromatic rings. The second kappa shape index (κ2) is 13.2. The zero-order valence-electron chi connectivity index (χ0n) is 24.6. The minimum atomic E-state index is -3.72. The minimum absolute atomic E-state index is 0.0927. The van der Waals surface area contributed by atoms with E-state index in [9.17, 15) is 12.8 Å². The Balaban J connectivity index is 1.41. The lowest BCUT2D eigenvalue weighted by molar-refractivity contribution is 0.382. The van der Waals surface area contributed by atoms with E-state index in [4.69, 9.17) is 15.0 Å². The van der Waals surface area contributed by atoms with Gasteiger partial charge in [-0.25, -0.2) is 17.8 Å². The number of anilines is 2. The smallest absolute Gasteiger partial charge is 0.243 e. The van der Waals surface area contributed by atoms with Crippen molar-refractivity contribution in [2.75, 3.05) is 42.9 Å². The Hall–Kier alpha value is -3.57. The summed E-state index contributed by atoms with van der Waals surface area (Å²) in [5.74, 6) is 1.33. The lowest BCUT2D eigenvalue weighted by Crippen LogP contribution is -2.49. The summed E-state index contributed by atoms with van der Waals surface area (Å²) in [5, 5.41) is 3.58. The van der Waals surface area contributed by atoms with E-state index < -0.39 is 15.8 Å². The molecule has 1 saturated heterocycles. The van der Waals surface area contributed by atoms with Crippen LogP contribution in [0.5, 0.6) is 0 Å². The van der Waals surface area contributed by atoms with Gasteiger partial charge in [0.25, 0.3) is 0 Å². The predicted octanol–water partition coefficient (Wildman–Crippen LogP) is 5.46. The van der Waals surface area contributed by atoms with E-state index in [1.165, 1.54) is 47.0 Å². The highest BCUT2D eigenvalue weighted by atomic mass is 32.2. The van der Waals surface area contributed by atoms with Crippen molar-refractivity contribution in [3.8, 4) is 0 Å². The lowest BCUT2D eigenvalue weighted by atomic mass is 9.99. The molecule has 0 spiro atoms. The van der Waals surface area contributed by atoms with E-state index in [0.717, 1.165) is 36.1 Å². The van der Waals surface area contributed by atoms with Crippen LogP contribution in [0.3, 0.4) is 0 Å². The number of hydrogen-bond donors (Lipinski definition) is 1. The summed E-state index contributed by atoms with van der Waals surface area (Å²) in [6, 6.07) is 13.4. The van der Waals surface area contributed by atoms with Crippen LogP contribution >= 0.6 is 0 Å². The molecule has 0 radical (unpaired) electrons. The average Bonchev–Trinajstić information content (AvgIpc) is 3.40. The van der Waals surface area contributed by atoms with Crippen molar-refractivity contribution in [3.63, 3.8) is 0 Å². The molecule has 1 N–H and O–H groups in total. The number of sulfonamides is 1. The molecular weight excluding hydrogens is 553 g/mol. The number of piperazine rings is 1. The molecule has 0 saturated carbocycles. The Morgan fingerprint density at radius 1 is 1.02 bits per heavy atom. The first-order chi connectivity index (χ1) is 20.3. The van der Waals surface area contributed by atoms with E-state index >= 15 is 0 Å². The van der Waals surface area contributed by atoms with Gasteiger partial charge in [0.05, 0.1) is 17.8 Å². The first-order valence-electron chi connectivity index (χ1n) is 14.8. The fourth-order valence-corrected chi connectivity index (χ4v) is 6.81. The van der Waals surface area contributed by atoms with Gasteiger partial charge in [0.15, 0.2) is 17.0 Å². The number of rotatable bonds is 12. The van der Waals surface area contributed by atoms with Crippen molar-refractivity contribution in [3.05, 3.63) is 71.8 Å². The van der Waals surface area contributed by atoms with Crippen LogP contribution in [0.4, 0.5) is 16.2 Å². The number of fused-ring (bicyclic) bond motifs is 1. The topological polar surface area (TPSA) is 96.2 Å². The number of halogens is 1. The van der Waals surface area contributed by atoms with E-state index in [-0.39, 0.29) is 18.0 Å². The second-order valence-corrected chi connectivity index (χ2v) is 13.0. The Bertz CT molecular complexity index is 1600. The predicted molar refractivity (Wildman–Crippen MR) is 165 cm³/mol. The zero-order valence-corrected chi connectivity index (χ0v) is 25.4. The van der Waals surface area contributed by atoms with Gasteiger partial charge in [0.1, 0.15) is 5.82 Å². The molecule has 1 fully saturated rings. The fraction of sp³-hybridized carbons (Fsp3) is 0.452. The Kier molecular flexibility index (Phi) is 9.37. The highest BCUT2D eigenvalue weighted by Crippen LogP contribution is 2.26. The molecule has 5 rings (SSSR count). The average molecular weight is 594 g/mol. The van der Waals surface area contributed by atoms with Gasteiger partial charge >= 0.3 is 0 Å². The summed E-state index contributed by atoms with van der Waals surface area (Å²) in [7, 11) is -3.72. The van der Waals surface area contributed by atoms with Crippen LogP contribution in [0.1, 0.15) is 50.7 Å². The van der Waals surface area contributed by atoms with Gasteiger partial charge in [0, 0.05) is 32.7 Å². The maximum absolute atomic E-state index is 13.4. The van der Waals surface area contributed by atoms with E-state index in [0.29, 0.717) is 37.3 Å². The van der Waals surface area contributed by atoms with Crippen molar-refractivity contribution in [1.82, 2.24) is 23.8 Å². The van der Waals surface area contributed by atoms with Crippen LogP contribution in [0.2, 0.25) is 0 Å². The van der Waals surface area contributed by atoms with Gasteiger partial charge in [-0.1, -0.05) is 62.9 Å². The monoisotopic (exact) mass is 593 g/mol. The fourth-order valence-electron chi connectivity index (χ4n) is 5.39. The summed E-state index contributed by atoms with van der Waals surface area (Å²) in [5.41, 5.74) is 3.83. The maximum Gasteiger partial charge on any atom is 0.243 e. The molecule has 0 bridgehead atoms. The molecule has 0 amide bonds. The van der Waals surface area contributed by atoms with Gasteiger partial charge in [-0.05, 0) is 49.1 Å². The third-order valence-electron chi connectivity index (χ3n) is 7.96. The van der Waals surface area contributed by atoms with Crippen LogP contribution in [0, 0.1) is 18.7 Å². The number of hydrogen-bond acceptors (Lipinski definition) is 7. The molecule has 1 aliphatic heterocycles. The van der Waals surface area contributed by atoms with E-state index in [1.54, 1.807) is 0 Å². The summed E-state index contributed by atoms with van der Waals surface area (Å²) < 4.78 is 43.2. The third-order valence-corrected chi connectivity index (χ3v) is 9.87. The molecule has 1 unspecified atom stereocenters. The molecule has 3 heterocycles. The number of unbranched alkanes of at least 4 members (excludes halogenated alkanes) is 1. The lowest BCUT2D eigenvalue weighted by Gasteiger charge is -2.34. The van der Waals surface area contributed by atoms with Crippen molar-refractivity contribution >= 4 is 33.0 Å². The third kappa shape index (κ3) is 6.73. The van der Waals surface area contributed by atoms with Gasteiger partial charge in [-0.2, -0.15) is 14.3 Å². The number of nitrogens with one attached hydrogen (secondary N) is 1. The molecule has 11 heteroatoms. The molecular formula is C31H40FN7O2S. The van der Waals surface area contributed by atoms with E-state index in [2.05, 4.69) is 50.4 Å². The van der Waals surface area contributed by atoms with Crippen LogP contribution in [-0.2, 0) is 16.6 Å². The molecule has 0 aliphatic carbocycles. The van der Waals surface area contributed by atoms with Crippen LogP contribution in [0.15, 0.2) is 59.8 Å². The minimum Gasteiger partial charge on any atom is -0.368 e. The number of imidazole rings is 1. The first-order valence-corrected chi connectivity index (χ1v) is 16.3. The molecule has 1 atom stereocenters. The van der Waals surface area contributed by atoms with Gasteiger partial charge in [-0.3, -0.25) is 0 Å². The van der Waals surface area contributed by atoms with Gasteiger partial charge in [0.2, 0.25) is 16.0 Å². The van der Waals surface area contributed by atoms with E-state index in [1.807, 2.05) is 15.8 Å². The van der Waals surface area contributed by atoms with Crippen LogP contribution in [-0.4, -0.2) is 65.0 Å². The largest absolute Gasteiger partial charge is 0.368 e. The molecule has 2 aromatic carbocycles. The van der Waals surface area contributed by atoms with Gasteiger partial charge in [-0.15, -0.1) is 0 Å². The Labute approximate surface area is 247 Å². The molecule has 1 aliphatic rings. The molecule has 2 aromatic heterocycles. The summed E-state index contributed by atoms with van der Waals surface area (Å²) >= 11 is 0. The molecule has 224 valence electrons. The first kappa shape index (κ1) is 29.9. The molecule has 9 nitrogen and oxygen atoms in total. The number of aromatic nitrogens is 4. The number of aryl methyl sites for hydroxylation is 1. The van der Waals surface area contributed by atoms with Gasteiger partial charge < -0.3 is 14.8 Å². The maximum atomic E-state index is 13.4. The van der Waals surface area contributed by atoms with Crippen molar-refractivity contribution in [2.45, 2.75) is 57.9 Å². The summed E-state index contributed by atoms with van der Waals surface area (Å²) in [4.78, 5) is 16.7. The van der Waals surface area contributed by atoms with Crippen molar-refractivity contribution < 1.29 is 12.8 Å². The summed E-state index contributed by atoms with van der Waals surface area (Å²) in [6.07, 6.45) is 6.43. The van der Waals surface area contributed by atoms with Crippen LogP contribution < -0.4 is 10.2 Å². The Morgan fingerprint density at radius 3 is 2.48 bits per heavy atom. The normalized spacial score (nSPS) is 15.3. The van der Waals surface area contributed by atoms with Crippen LogP contribution in [0.25, 0.3) is 11.2 Å².